The van der Waals surface area contributed by atoms with Crippen molar-refractivity contribution < 1.29 is 52.8 Å². The van der Waals surface area contributed by atoms with Gasteiger partial charge in [0.25, 0.3) is 0 Å². The number of amides is 3. The minimum atomic E-state index is -1.15. The molecule has 0 aliphatic rings. The topological polar surface area (TPSA) is 187 Å². The van der Waals surface area contributed by atoms with Crippen LogP contribution in [0.25, 0.3) is 0 Å². The molecule has 3 amide bonds. The summed E-state index contributed by atoms with van der Waals surface area (Å²) in [6, 6.07) is 42.6. The molecule has 6 aromatic carbocycles. The number of carbonyl (C=O) groups excluding carboxylic acids is 6. The standard InChI is InChI=1S/C55H55N3O11/c1-4-40-34-39(35-44(57-37(2)59)51(61)56-32-17-8-18-33-67-48-29-19-28-47(60)49(48)54(64)66-3)30-31-45(40)58(52(62)55(65)68-36-38-20-9-5-10-21-38)46-27-16-15-26-43(46)53(63)69-50(41-22-11-6-12-23-41)42-24-13-7-14-25-42/h5-7,9-16,19-31,34,44,50,60H,4,8,17-18,32-33,35-36H2,1-3H3,(H,56,61)(H,57,59). The van der Waals surface area contributed by atoms with Crippen molar-refractivity contribution in [2.45, 2.75) is 64.7 Å². The number of nitrogens with zero attached hydrogens (tertiary/aromatic N) is 1. The Morgan fingerprint density at radius 2 is 1.33 bits per heavy atom. The van der Waals surface area contributed by atoms with Gasteiger partial charge in [-0.1, -0.05) is 128 Å². The fourth-order valence-corrected chi connectivity index (χ4v) is 7.65. The van der Waals surface area contributed by atoms with Crippen LogP contribution in [-0.4, -0.2) is 67.0 Å². The fourth-order valence-electron chi connectivity index (χ4n) is 7.65. The molecule has 0 heterocycles. The van der Waals surface area contributed by atoms with Crippen molar-refractivity contribution in [3.63, 3.8) is 0 Å². The van der Waals surface area contributed by atoms with Crippen LogP contribution >= 0.6 is 0 Å². The summed E-state index contributed by atoms with van der Waals surface area (Å²) in [4.78, 5) is 81.9. The SMILES string of the molecule is CCc1cc(CC(NC(C)=O)C(=O)NCCCCCOc2cccc(O)c2C(=O)OC)ccc1N(C(=O)C(=O)OCc1ccccc1)c1ccccc1C(=O)OC(c1ccccc1)c1ccccc1. The molecule has 69 heavy (non-hydrogen) atoms. The number of aryl methyl sites for hydroxylation is 1. The second kappa shape index (κ2) is 25.0. The zero-order valence-corrected chi connectivity index (χ0v) is 38.7. The Bertz CT molecular complexity index is 2670. The number of phenolic OH excluding ortho intramolecular Hbond substituents is 1. The number of aromatic hydroxyl groups is 1. The average Bonchev–Trinajstić information content (AvgIpc) is 3.37. The van der Waals surface area contributed by atoms with Gasteiger partial charge in [-0.05, 0) is 83.8 Å². The number of carbonyl (C=O) groups is 6. The van der Waals surface area contributed by atoms with E-state index in [-0.39, 0.29) is 47.9 Å². The summed E-state index contributed by atoms with van der Waals surface area (Å²) in [5, 5.41) is 15.8. The quantitative estimate of drug-likeness (QED) is 0.0272. The number of methoxy groups -OCH3 is 1. The lowest BCUT2D eigenvalue weighted by atomic mass is 9.98. The van der Waals surface area contributed by atoms with Crippen LogP contribution in [0.15, 0.2) is 152 Å². The minimum absolute atomic E-state index is 0.0174. The number of benzene rings is 6. The fraction of sp³-hybridized carbons (Fsp3) is 0.236. The average molecular weight is 934 g/mol. The first-order valence-electron chi connectivity index (χ1n) is 22.6. The molecule has 0 aliphatic heterocycles. The van der Waals surface area contributed by atoms with E-state index in [0.29, 0.717) is 54.6 Å². The highest BCUT2D eigenvalue weighted by atomic mass is 16.5. The van der Waals surface area contributed by atoms with Crippen molar-refractivity contribution in [1.82, 2.24) is 10.6 Å². The summed E-state index contributed by atoms with van der Waals surface area (Å²) in [6.07, 6.45) is 1.49. The number of hydrogen-bond donors (Lipinski definition) is 3. The Labute approximate surface area is 401 Å². The number of nitrogens with one attached hydrogen (secondary N) is 2. The molecule has 0 spiro atoms. The zero-order valence-electron chi connectivity index (χ0n) is 38.7. The predicted octanol–water partition coefficient (Wildman–Crippen LogP) is 8.51. The highest BCUT2D eigenvalue weighted by Gasteiger charge is 2.33. The molecule has 0 saturated heterocycles. The number of esters is 3. The summed E-state index contributed by atoms with van der Waals surface area (Å²) >= 11 is 0. The van der Waals surface area contributed by atoms with Crippen LogP contribution in [0, 0.1) is 0 Å². The van der Waals surface area contributed by atoms with Crippen LogP contribution in [0.5, 0.6) is 11.5 Å². The van der Waals surface area contributed by atoms with Crippen molar-refractivity contribution >= 4 is 47.0 Å². The van der Waals surface area contributed by atoms with Gasteiger partial charge in [0.15, 0.2) is 6.10 Å². The van der Waals surface area contributed by atoms with Gasteiger partial charge in [0.05, 0.1) is 30.7 Å². The molecule has 0 radical (unpaired) electrons. The third-order valence-corrected chi connectivity index (χ3v) is 11.1. The van der Waals surface area contributed by atoms with Crippen molar-refractivity contribution in [1.29, 1.82) is 0 Å². The van der Waals surface area contributed by atoms with Gasteiger partial charge in [0.2, 0.25) is 11.8 Å². The van der Waals surface area contributed by atoms with Gasteiger partial charge in [-0.15, -0.1) is 0 Å². The first-order chi connectivity index (χ1) is 33.5. The molecular formula is C55H55N3O11. The largest absolute Gasteiger partial charge is 0.507 e. The van der Waals surface area contributed by atoms with Crippen LogP contribution in [0.1, 0.15) is 87.7 Å². The summed E-state index contributed by atoms with van der Waals surface area (Å²) in [6.45, 7) is 3.59. The van der Waals surface area contributed by atoms with E-state index in [1.54, 1.807) is 72.8 Å². The number of phenols is 1. The van der Waals surface area contributed by atoms with E-state index in [9.17, 15) is 33.9 Å². The van der Waals surface area contributed by atoms with E-state index in [2.05, 4.69) is 10.6 Å². The molecule has 0 bridgehead atoms. The highest BCUT2D eigenvalue weighted by Crippen LogP contribution is 2.36. The maximum atomic E-state index is 14.5. The molecular weight excluding hydrogens is 879 g/mol. The van der Waals surface area contributed by atoms with E-state index < -0.39 is 47.8 Å². The maximum absolute atomic E-state index is 14.5. The zero-order chi connectivity index (χ0) is 49.1. The van der Waals surface area contributed by atoms with Gasteiger partial charge in [-0.25, -0.2) is 14.4 Å². The summed E-state index contributed by atoms with van der Waals surface area (Å²) in [7, 11) is 1.22. The lowest BCUT2D eigenvalue weighted by Gasteiger charge is -2.27. The Morgan fingerprint density at radius 3 is 1.99 bits per heavy atom. The lowest BCUT2D eigenvalue weighted by Crippen LogP contribution is -2.47. The second-order valence-electron chi connectivity index (χ2n) is 15.9. The number of anilines is 2. The van der Waals surface area contributed by atoms with Crippen molar-refractivity contribution in [2.24, 2.45) is 0 Å². The lowest BCUT2D eigenvalue weighted by molar-refractivity contribution is -0.154. The molecule has 0 fully saturated rings. The van der Waals surface area contributed by atoms with Gasteiger partial charge in [-0.2, -0.15) is 0 Å². The first-order valence-corrected chi connectivity index (χ1v) is 22.6. The van der Waals surface area contributed by atoms with Gasteiger partial charge < -0.3 is 34.7 Å². The molecule has 1 unspecified atom stereocenters. The van der Waals surface area contributed by atoms with E-state index in [1.807, 2.05) is 73.7 Å². The molecule has 3 N–H and O–H groups in total. The molecule has 0 saturated carbocycles. The Balaban J connectivity index is 1.21. The van der Waals surface area contributed by atoms with Gasteiger partial charge >= 0.3 is 23.8 Å². The number of unbranched alkanes of at least 4 members (excludes halogenated alkanes) is 2. The molecule has 6 rings (SSSR count). The Kier molecular flexibility index (Phi) is 18.2. The van der Waals surface area contributed by atoms with E-state index in [4.69, 9.17) is 18.9 Å². The summed E-state index contributed by atoms with van der Waals surface area (Å²) in [5.74, 6) is -4.52. The summed E-state index contributed by atoms with van der Waals surface area (Å²) in [5.41, 5.74) is 3.72. The Morgan fingerprint density at radius 1 is 0.681 bits per heavy atom. The van der Waals surface area contributed by atoms with E-state index in [0.717, 1.165) is 16.0 Å². The third-order valence-electron chi connectivity index (χ3n) is 11.1. The highest BCUT2D eigenvalue weighted by molar-refractivity contribution is 6.40. The first kappa shape index (κ1) is 50.2. The monoisotopic (exact) mass is 933 g/mol. The summed E-state index contributed by atoms with van der Waals surface area (Å²) < 4.78 is 22.3. The van der Waals surface area contributed by atoms with Crippen LogP contribution in [0.3, 0.4) is 0 Å². The number of ether oxygens (including phenoxy) is 4. The molecule has 356 valence electrons. The van der Waals surface area contributed by atoms with Crippen molar-refractivity contribution in [2.75, 3.05) is 25.2 Å². The van der Waals surface area contributed by atoms with Crippen LogP contribution < -0.4 is 20.3 Å². The molecule has 14 nitrogen and oxygen atoms in total. The number of para-hydroxylation sites is 1. The minimum Gasteiger partial charge on any atom is -0.507 e. The van der Waals surface area contributed by atoms with Crippen LogP contribution in [0.2, 0.25) is 0 Å². The molecule has 6 aromatic rings. The van der Waals surface area contributed by atoms with Gasteiger partial charge in [0, 0.05) is 19.9 Å². The third kappa shape index (κ3) is 13.7. The predicted molar refractivity (Wildman–Crippen MR) is 259 cm³/mol. The van der Waals surface area contributed by atoms with E-state index in [1.165, 1.54) is 26.2 Å². The van der Waals surface area contributed by atoms with Crippen LogP contribution in [-0.2, 0) is 52.8 Å². The molecule has 14 heteroatoms. The number of hydrogen-bond acceptors (Lipinski definition) is 11. The maximum Gasteiger partial charge on any atom is 0.398 e. The Hall–Kier alpha value is -8.26. The van der Waals surface area contributed by atoms with Crippen LogP contribution in [0.4, 0.5) is 11.4 Å². The smallest absolute Gasteiger partial charge is 0.398 e. The molecule has 0 aromatic heterocycles. The molecule has 0 aliphatic carbocycles. The van der Waals surface area contributed by atoms with E-state index >= 15 is 0 Å². The second-order valence-corrected chi connectivity index (χ2v) is 15.9. The normalized spacial score (nSPS) is 11.2. The molecule has 1 atom stereocenters. The van der Waals surface area contributed by atoms with Gasteiger partial charge in [0.1, 0.15) is 29.7 Å². The van der Waals surface area contributed by atoms with Crippen molar-refractivity contribution in [3.05, 3.63) is 191 Å². The van der Waals surface area contributed by atoms with Gasteiger partial charge in [-0.3, -0.25) is 19.3 Å². The number of rotatable bonds is 21. The van der Waals surface area contributed by atoms with Crippen molar-refractivity contribution in [3.8, 4) is 11.5 Å².